The Kier molecular flexibility index (Phi) is 5.59. The maximum absolute atomic E-state index is 13.6. The molecule has 1 spiro atoms. The Balaban J connectivity index is 1.37. The summed E-state index contributed by atoms with van der Waals surface area (Å²) in [6.07, 6.45) is 2.83. The van der Waals surface area contributed by atoms with Gasteiger partial charge in [-0.25, -0.2) is 0 Å². The highest BCUT2D eigenvalue weighted by molar-refractivity contribution is 6.07. The van der Waals surface area contributed by atoms with Crippen LogP contribution in [0.1, 0.15) is 36.5 Å². The minimum Gasteiger partial charge on any atom is -0.394 e. The number of para-hydroxylation sites is 1. The van der Waals surface area contributed by atoms with Crippen LogP contribution in [0.3, 0.4) is 0 Å². The normalized spacial score (nSPS) is 28.2. The molecule has 1 saturated heterocycles. The zero-order valence-electron chi connectivity index (χ0n) is 18.9. The molecule has 172 valence electrons. The fourth-order valence-electron chi connectivity index (χ4n) is 5.82. The summed E-state index contributed by atoms with van der Waals surface area (Å²) < 4.78 is 6.50. The number of carbonyl (C=O) groups excluding carboxylic acids is 2. The Morgan fingerprint density at radius 3 is 2.70 bits per heavy atom. The van der Waals surface area contributed by atoms with Gasteiger partial charge in [-0.2, -0.15) is 0 Å². The second-order valence-electron chi connectivity index (χ2n) is 9.37. The molecule has 2 aromatic rings. The first-order valence-corrected chi connectivity index (χ1v) is 11.7. The second kappa shape index (κ2) is 8.43. The molecule has 2 amide bonds. The number of amides is 2. The molecule has 0 aromatic heterocycles. The van der Waals surface area contributed by atoms with Gasteiger partial charge in [-0.05, 0) is 30.0 Å². The third-order valence-corrected chi connectivity index (χ3v) is 7.42. The predicted octanol–water partition coefficient (Wildman–Crippen LogP) is 3.18. The van der Waals surface area contributed by atoms with Crippen LogP contribution in [0.4, 0.5) is 5.69 Å². The van der Waals surface area contributed by atoms with Gasteiger partial charge in [-0.1, -0.05) is 55.5 Å². The molecular formula is C27H30N2O4. The molecule has 0 aliphatic carbocycles. The first-order chi connectivity index (χ1) is 16.0. The molecular weight excluding hydrogens is 416 g/mol. The minimum absolute atomic E-state index is 0.0421. The summed E-state index contributed by atoms with van der Waals surface area (Å²) in [5.41, 5.74) is 2.97. The molecule has 3 aliphatic heterocycles. The van der Waals surface area contributed by atoms with Crippen molar-refractivity contribution in [1.29, 1.82) is 0 Å². The number of fused-ring (bicyclic) bond motifs is 3. The van der Waals surface area contributed by atoms with E-state index >= 15 is 0 Å². The molecule has 3 heterocycles. The lowest BCUT2D eigenvalue weighted by molar-refractivity contribution is -0.150. The summed E-state index contributed by atoms with van der Waals surface area (Å²) >= 11 is 0. The van der Waals surface area contributed by atoms with E-state index in [0.717, 1.165) is 16.8 Å². The Morgan fingerprint density at radius 2 is 1.94 bits per heavy atom. The van der Waals surface area contributed by atoms with Crippen molar-refractivity contribution in [2.75, 3.05) is 18.1 Å². The average Bonchev–Trinajstić information content (AvgIpc) is 3.28. The number of anilines is 1. The van der Waals surface area contributed by atoms with Gasteiger partial charge < -0.3 is 19.6 Å². The molecule has 0 saturated carbocycles. The molecule has 0 bridgehead atoms. The van der Waals surface area contributed by atoms with E-state index in [4.69, 9.17) is 4.74 Å². The predicted molar refractivity (Wildman–Crippen MR) is 126 cm³/mol. The average molecular weight is 447 g/mol. The van der Waals surface area contributed by atoms with Gasteiger partial charge in [-0.3, -0.25) is 9.59 Å². The molecule has 33 heavy (non-hydrogen) atoms. The summed E-state index contributed by atoms with van der Waals surface area (Å²) in [7, 11) is 0. The minimum atomic E-state index is -1.06. The highest BCUT2D eigenvalue weighted by atomic mass is 16.5. The van der Waals surface area contributed by atoms with Crippen LogP contribution in [-0.4, -0.2) is 47.1 Å². The van der Waals surface area contributed by atoms with Crippen molar-refractivity contribution >= 4 is 17.5 Å². The highest BCUT2D eigenvalue weighted by Crippen LogP contribution is 2.53. The van der Waals surface area contributed by atoms with Gasteiger partial charge in [0.2, 0.25) is 5.91 Å². The summed E-state index contributed by atoms with van der Waals surface area (Å²) in [6, 6.07) is 15.6. The second-order valence-corrected chi connectivity index (χ2v) is 9.37. The summed E-state index contributed by atoms with van der Waals surface area (Å²) in [5, 5.41) is 9.95. The van der Waals surface area contributed by atoms with Crippen molar-refractivity contribution < 1.29 is 19.4 Å². The van der Waals surface area contributed by atoms with Gasteiger partial charge in [0, 0.05) is 24.6 Å². The van der Waals surface area contributed by atoms with E-state index in [1.54, 1.807) is 15.9 Å². The standard InChI is InChI=1S/C27H30N2O4/c1-3-12-28-24-11-7-6-10-23(24)27(26(28)32)18(2)13-22(33-27)15-25(31)29-16-20-9-5-4-8-19(20)14-21(29)17-30/h3-11,18,21-22,30H,1,12-17H2,2H3/t18-,21+,22-,27+/m1/s1. The molecule has 6 heteroatoms. The third-order valence-electron chi connectivity index (χ3n) is 7.42. The van der Waals surface area contributed by atoms with E-state index < -0.39 is 5.60 Å². The monoisotopic (exact) mass is 446 g/mol. The van der Waals surface area contributed by atoms with Gasteiger partial charge in [0.25, 0.3) is 5.91 Å². The van der Waals surface area contributed by atoms with E-state index in [0.29, 0.717) is 25.9 Å². The lowest BCUT2D eigenvalue weighted by Crippen LogP contribution is -2.47. The lowest BCUT2D eigenvalue weighted by Gasteiger charge is -2.36. The highest BCUT2D eigenvalue weighted by Gasteiger charge is 2.60. The fraction of sp³-hybridized carbons (Fsp3) is 0.407. The Morgan fingerprint density at radius 1 is 1.21 bits per heavy atom. The van der Waals surface area contributed by atoms with E-state index in [1.807, 2.05) is 49.4 Å². The smallest absolute Gasteiger partial charge is 0.264 e. The number of carbonyl (C=O) groups is 2. The van der Waals surface area contributed by atoms with Gasteiger partial charge in [-0.15, -0.1) is 6.58 Å². The quantitative estimate of drug-likeness (QED) is 0.717. The zero-order chi connectivity index (χ0) is 23.2. The van der Waals surface area contributed by atoms with Gasteiger partial charge >= 0.3 is 0 Å². The van der Waals surface area contributed by atoms with Gasteiger partial charge in [0.15, 0.2) is 5.60 Å². The van der Waals surface area contributed by atoms with E-state index in [-0.39, 0.29) is 42.9 Å². The van der Waals surface area contributed by atoms with Crippen molar-refractivity contribution in [3.05, 3.63) is 77.9 Å². The van der Waals surface area contributed by atoms with Crippen LogP contribution in [0.25, 0.3) is 0 Å². The number of hydrogen-bond acceptors (Lipinski definition) is 4. The van der Waals surface area contributed by atoms with Crippen LogP contribution in [0.5, 0.6) is 0 Å². The van der Waals surface area contributed by atoms with E-state index in [9.17, 15) is 14.7 Å². The Hall–Kier alpha value is -2.96. The summed E-state index contributed by atoms with van der Waals surface area (Å²) in [6.45, 7) is 6.66. The molecule has 1 N–H and O–H groups in total. The first kappa shape index (κ1) is 21.9. The number of aliphatic hydroxyl groups excluding tert-OH is 1. The molecule has 6 nitrogen and oxygen atoms in total. The number of hydrogen-bond donors (Lipinski definition) is 1. The molecule has 4 atom stereocenters. The van der Waals surface area contributed by atoms with Crippen LogP contribution >= 0.6 is 0 Å². The van der Waals surface area contributed by atoms with Crippen molar-refractivity contribution in [2.45, 2.75) is 50.5 Å². The maximum Gasteiger partial charge on any atom is 0.264 e. The summed E-state index contributed by atoms with van der Waals surface area (Å²) in [4.78, 5) is 30.4. The Bertz CT molecular complexity index is 1100. The molecule has 3 aliphatic rings. The molecule has 5 rings (SSSR count). The van der Waals surface area contributed by atoms with Crippen molar-refractivity contribution in [3.8, 4) is 0 Å². The van der Waals surface area contributed by atoms with Gasteiger partial charge in [0.1, 0.15) is 0 Å². The van der Waals surface area contributed by atoms with Crippen LogP contribution in [0, 0.1) is 5.92 Å². The third kappa shape index (κ3) is 3.40. The van der Waals surface area contributed by atoms with Gasteiger partial charge in [0.05, 0.1) is 30.9 Å². The van der Waals surface area contributed by atoms with Crippen molar-refractivity contribution in [3.63, 3.8) is 0 Å². The van der Waals surface area contributed by atoms with Crippen LogP contribution in [-0.2, 0) is 32.9 Å². The van der Waals surface area contributed by atoms with Crippen molar-refractivity contribution in [2.24, 2.45) is 5.92 Å². The molecule has 0 unspecified atom stereocenters. The topological polar surface area (TPSA) is 70.1 Å². The molecule has 1 fully saturated rings. The van der Waals surface area contributed by atoms with Crippen LogP contribution in [0.15, 0.2) is 61.2 Å². The number of benzene rings is 2. The summed E-state index contributed by atoms with van der Waals surface area (Å²) in [5.74, 6) is -0.180. The number of rotatable bonds is 5. The Labute approximate surface area is 194 Å². The zero-order valence-corrected chi connectivity index (χ0v) is 18.9. The maximum atomic E-state index is 13.6. The van der Waals surface area contributed by atoms with Crippen LogP contribution < -0.4 is 4.90 Å². The number of ether oxygens (including phenoxy) is 1. The fourth-order valence-corrected chi connectivity index (χ4v) is 5.82. The number of aliphatic hydroxyl groups is 1. The number of nitrogens with zero attached hydrogens (tertiary/aromatic N) is 2. The largest absolute Gasteiger partial charge is 0.394 e. The van der Waals surface area contributed by atoms with E-state index in [2.05, 4.69) is 12.6 Å². The molecule has 2 aromatic carbocycles. The van der Waals surface area contributed by atoms with Crippen LogP contribution in [0.2, 0.25) is 0 Å². The SMILES string of the molecule is C=CCN1C(=O)[C@@]2(O[C@@H](CC(=O)N3Cc4ccccc4C[C@H]3CO)C[C@H]2C)c2ccccc21. The van der Waals surface area contributed by atoms with E-state index in [1.165, 1.54) is 5.56 Å². The molecule has 0 radical (unpaired) electrons. The van der Waals surface area contributed by atoms with Crippen molar-refractivity contribution in [1.82, 2.24) is 4.90 Å². The first-order valence-electron chi connectivity index (χ1n) is 11.7. The lowest BCUT2D eigenvalue weighted by atomic mass is 9.83.